The minimum absolute atomic E-state index is 0.170. The van der Waals surface area contributed by atoms with Crippen molar-refractivity contribution in [3.63, 3.8) is 0 Å². The van der Waals surface area contributed by atoms with Crippen LogP contribution in [0.5, 0.6) is 0 Å². The normalized spacial score (nSPS) is 11.2. The zero-order valence-electron chi connectivity index (χ0n) is 9.95. The minimum Gasteiger partial charge on any atom is -0.277 e. The van der Waals surface area contributed by atoms with Gasteiger partial charge in [0.05, 0.1) is 11.6 Å². The monoisotopic (exact) mass is 417 g/mol. The van der Waals surface area contributed by atoms with Gasteiger partial charge in [-0.1, -0.05) is 15.9 Å². The Kier molecular flexibility index (Phi) is 3.79. The van der Waals surface area contributed by atoms with E-state index in [-0.39, 0.29) is 11.7 Å². The lowest BCUT2D eigenvalue weighted by atomic mass is 10.3. The fourth-order valence-electron chi connectivity index (χ4n) is 1.99. The predicted molar refractivity (Wildman–Crippen MR) is 83.8 cm³/mol. The van der Waals surface area contributed by atoms with Crippen molar-refractivity contribution < 1.29 is 4.39 Å². The van der Waals surface area contributed by atoms with Crippen molar-refractivity contribution in [3.8, 4) is 5.69 Å². The SMILES string of the molecule is Fc1cc(Br)ccc1-n1c(CCl)nc2cc(Br)cnc21. The summed E-state index contributed by atoms with van der Waals surface area (Å²) in [7, 11) is 0. The molecule has 0 amide bonds. The average Bonchev–Trinajstić information content (AvgIpc) is 2.76. The highest BCUT2D eigenvalue weighted by Crippen LogP contribution is 2.26. The summed E-state index contributed by atoms with van der Waals surface area (Å²) in [5, 5.41) is 0. The number of imidazole rings is 1. The summed E-state index contributed by atoms with van der Waals surface area (Å²) in [6.07, 6.45) is 1.65. The molecule has 2 heterocycles. The van der Waals surface area contributed by atoms with Crippen LogP contribution in [0.25, 0.3) is 16.9 Å². The molecule has 0 N–H and O–H groups in total. The summed E-state index contributed by atoms with van der Waals surface area (Å²) in [4.78, 5) is 8.70. The zero-order valence-corrected chi connectivity index (χ0v) is 13.9. The van der Waals surface area contributed by atoms with E-state index < -0.39 is 0 Å². The van der Waals surface area contributed by atoms with Crippen molar-refractivity contribution in [1.82, 2.24) is 14.5 Å². The van der Waals surface area contributed by atoms with Gasteiger partial charge >= 0.3 is 0 Å². The van der Waals surface area contributed by atoms with E-state index in [1.54, 1.807) is 22.9 Å². The van der Waals surface area contributed by atoms with Gasteiger partial charge in [0.1, 0.15) is 17.2 Å². The van der Waals surface area contributed by atoms with Crippen molar-refractivity contribution in [3.05, 3.63) is 51.0 Å². The summed E-state index contributed by atoms with van der Waals surface area (Å²) in [5.74, 6) is 0.354. The maximum atomic E-state index is 14.2. The van der Waals surface area contributed by atoms with Gasteiger partial charge < -0.3 is 0 Å². The molecule has 0 radical (unpaired) electrons. The number of alkyl halides is 1. The molecule has 20 heavy (non-hydrogen) atoms. The van der Waals surface area contributed by atoms with E-state index in [9.17, 15) is 4.39 Å². The Bertz CT molecular complexity index is 804. The molecule has 3 aromatic rings. The van der Waals surface area contributed by atoms with Gasteiger partial charge in [0.25, 0.3) is 0 Å². The summed E-state index contributed by atoms with van der Waals surface area (Å²) in [6.45, 7) is 0. The van der Waals surface area contributed by atoms with Crippen LogP contribution in [0.15, 0.2) is 39.4 Å². The molecule has 0 aliphatic heterocycles. The number of aromatic nitrogens is 3. The maximum Gasteiger partial charge on any atom is 0.164 e. The highest BCUT2D eigenvalue weighted by atomic mass is 79.9. The Morgan fingerprint density at radius 2 is 2.00 bits per heavy atom. The van der Waals surface area contributed by atoms with Crippen molar-refractivity contribution in [2.45, 2.75) is 5.88 Å². The van der Waals surface area contributed by atoms with E-state index in [0.29, 0.717) is 27.1 Å². The van der Waals surface area contributed by atoms with Crippen molar-refractivity contribution >= 4 is 54.6 Å². The van der Waals surface area contributed by atoms with E-state index in [1.165, 1.54) is 6.07 Å². The third kappa shape index (κ3) is 2.36. The van der Waals surface area contributed by atoms with Crippen LogP contribution in [0.2, 0.25) is 0 Å². The van der Waals surface area contributed by atoms with Crippen LogP contribution in [-0.2, 0) is 5.88 Å². The fourth-order valence-corrected chi connectivity index (χ4v) is 2.82. The Morgan fingerprint density at radius 3 is 2.70 bits per heavy atom. The molecular weight excluding hydrogens is 412 g/mol. The molecule has 102 valence electrons. The predicted octanol–water partition coefficient (Wildman–Crippen LogP) is 4.82. The lowest BCUT2D eigenvalue weighted by Crippen LogP contribution is -2.03. The van der Waals surface area contributed by atoms with Gasteiger partial charge in [-0.3, -0.25) is 4.57 Å². The summed E-state index contributed by atoms with van der Waals surface area (Å²) in [6, 6.07) is 6.66. The van der Waals surface area contributed by atoms with Crippen LogP contribution in [0, 0.1) is 5.82 Å². The molecule has 7 heteroatoms. The highest BCUT2D eigenvalue weighted by molar-refractivity contribution is 9.10. The maximum absolute atomic E-state index is 14.2. The molecule has 0 bridgehead atoms. The number of fused-ring (bicyclic) bond motifs is 1. The van der Waals surface area contributed by atoms with Crippen LogP contribution >= 0.6 is 43.5 Å². The molecule has 0 aliphatic carbocycles. The Labute approximate surface area is 136 Å². The first kappa shape index (κ1) is 14.0. The Morgan fingerprint density at radius 1 is 1.20 bits per heavy atom. The standard InChI is InChI=1S/C13H7Br2ClFN3/c14-7-1-2-11(9(17)3-7)20-12(5-16)19-10-4-8(15)6-18-13(10)20/h1-4,6H,5H2. The highest BCUT2D eigenvalue weighted by Gasteiger charge is 2.16. The fraction of sp³-hybridized carbons (Fsp3) is 0.0769. The summed E-state index contributed by atoms with van der Waals surface area (Å²) >= 11 is 12.5. The molecule has 0 unspecified atom stereocenters. The molecule has 0 saturated heterocycles. The molecular formula is C13H7Br2ClFN3. The smallest absolute Gasteiger partial charge is 0.164 e. The third-order valence-corrected chi connectivity index (χ3v) is 3.97. The molecule has 0 atom stereocenters. The first-order chi connectivity index (χ1) is 9.60. The summed E-state index contributed by atoms with van der Waals surface area (Å²) < 4.78 is 17.3. The van der Waals surface area contributed by atoms with Crippen LogP contribution in [0.3, 0.4) is 0 Å². The first-order valence-corrected chi connectivity index (χ1v) is 7.76. The molecule has 0 spiro atoms. The van der Waals surface area contributed by atoms with E-state index >= 15 is 0 Å². The molecule has 3 nitrogen and oxygen atoms in total. The lowest BCUT2D eigenvalue weighted by Gasteiger charge is -2.08. The van der Waals surface area contributed by atoms with Crippen LogP contribution in [0.4, 0.5) is 4.39 Å². The van der Waals surface area contributed by atoms with Crippen LogP contribution < -0.4 is 0 Å². The second-order valence-corrected chi connectivity index (χ2v) is 6.19. The second kappa shape index (κ2) is 5.42. The molecule has 2 aromatic heterocycles. The van der Waals surface area contributed by atoms with Gasteiger partial charge in [-0.05, 0) is 40.2 Å². The van der Waals surface area contributed by atoms with Gasteiger partial charge in [-0.25, -0.2) is 14.4 Å². The topological polar surface area (TPSA) is 30.7 Å². The average molecular weight is 419 g/mol. The van der Waals surface area contributed by atoms with E-state index in [4.69, 9.17) is 11.6 Å². The van der Waals surface area contributed by atoms with E-state index in [2.05, 4.69) is 41.8 Å². The zero-order chi connectivity index (χ0) is 14.3. The Hall–Kier alpha value is -0.980. The first-order valence-electron chi connectivity index (χ1n) is 5.64. The second-order valence-electron chi connectivity index (χ2n) is 4.09. The minimum atomic E-state index is -0.366. The number of halogens is 4. The number of hydrogen-bond acceptors (Lipinski definition) is 2. The van der Waals surface area contributed by atoms with Gasteiger partial charge in [-0.2, -0.15) is 0 Å². The third-order valence-electron chi connectivity index (χ3n) is 2.80. The largest absolute Gasteiger partial charge is 0.277 e. The van der Waals surface area contributed by atoms with Gasteiger partial charge in [0.2, 0.25) is 0 Å². The molecule has 0 aliphatic rings. The van der Waals surface area contributed by atoms with Crippen molar-refractivity contribution in [1.29, 1.82) is 0 Å². The quantitative estimate of drug-likeness (QED) is 0.558. The van der Waals surface area contributed by atoms with Gasteiger partial charge in [0.15, 0.2) is 5.65 Å². The molecule has 0 fully saturated rings. The number of hydrogen-bond donors (Lipinski definition) is 0. The Balaban J connectivity index is 2.34. The lowest BCUT2D eigenvalue weighted by molar-refractivity contribution is 0.616. The van der Waals surface area contributed by atoms with Crippen LogP contribution in [0.1, 0.15) is 5.82 Å². The van der Waals surface area contributed by atoms with E-state index in [0.717, 1.165) is 4.47 Å². The molecule has 1 aromatic carbocycles. The van der Waals surface area contributed by atoms with Crippen LogP contribution in [-0.4, -0.2) is 14.5 Å². The molecule has 0 saturated carbocycles. The number of nitrogens with zero attached hydrogens (tertiary/aromatic N) is 3. The van der Waals surface area contributed by atoms with Gasteiger partial charge in [0, 0.05) is 15.1 Å². The van der Waals surface area contributed by atoms with E-state index in [1.807, 2.05) is 6.07 Å². The van der Waals surface area contributed by atoms with Crippen molar-refractivity contribution in [2.24, 2.45) is 0 Å². The number of benzene rings is 1. The van der Waals surface area contributed by atoms with Gasteiger partial charge in [-0.15, -0.1) is 11.6 Å². The number of rotatable bonds is 2. The van der Waals surface area contributed by atoms with Crippen molar-refractivity contribution in [2.75, 3.05) is 0 Å². The summed E-state index contributed by atoms with van der Waals surface area (Å²) in [5.41, 5.74) is 1.61. The number of pyridine rings is 1. The molecule has 3 rings (SSSR count).